The molecule has 0 aliphatic heterocycles. The third-order valence-electron chi connectivity index (χ3n) is 7.46. The number of nitrogens with zero attached hydrogens (tertiary/aromatic N) is 1. The largest absolute Gasteiger partial charge is 0.454 e. The first-order chi connectivity index (χ1) is 17.8. The Bertz CT molecular complexity index is 2150. The number of furan rings is 1. The van der Waals surface area contributed by atoms with Gasteiger partial charge in [-0.05, 0) is 52.1 Å². The third kappa shape index (κ3) is 2.64. The second kappa shape index (κ2) is 7.16. The Labute approximate surface area is 207 Å². The van der Waals surface area contributed by atoms with Crippen LogP contribution in [0.1, 0.15) is 5.56 Å². The average molecular weight is 460 g/mol. The molecule has 2 aromatic heterocycles. The Morgan fingerprint density at radius 2 is 1.28 bits per heavy atom. The second-order valence-electron chi connectivity index (χ2n) is 9.64. The van der Waals surface area contributed by atoms with Gasteiger partial charge in [-0.3, -0.25) is 0 Å². The van der Waals surface area contributed by atoms with Gasteiger partial charge in [0.1, 0.15) is 11.3 Å². The molecule has 168 valence electrons. The molecular weight excluding hydrogens is 438 g/mol. The molecule has 0 radical (unpaired) electrons. The number of fused-ring (bicyclic) bond motifs is 11. The van der Waals surface area contributed by atoms with Crippen molar-refractivity contribution in [1.82, 2.24) is 4.98 Å². The summed E-state index contributed by atoms with van der Waals surface area (Å²) in [5.41, 5.74) is 5.88. The monoisotopic (exact) mass is 459 g/mol. The number of pyridine rings is 1. The molecule has 0 saturated carbocycles. The molecule has 0 N–H and O–H groups in total. The summed E-state index contributed by atoms with van der Waals surface area (Å²) in [7, 11) is 0. The molecule has 0 atom stereocenters. The number of benzene rings is 6. The Balaban J connectivity index is 1.71. The normalized spacial score (nSPS) is 12.0. The van der Waals surface area contributed by atoms with Crippen molar-refractivity contribution in [3.05, 3.63) is 115 Å². The van der Waals surface area contributed by atoms with Crippen LogP contribution in [0.2, 0.25) is 0 Å². The summed E-state index contributed by atoms with van der Waals surface area (Å²) in [6, 6.07) is 38.8. The van der Waals surface area contributed by atoms with E-state index in [9.17, 15) is 0 Å². The van der Waals surface area contributed by atoms with Gasteiger partial charge >= 0.3 is 0 Å². The zero-order chi connectivity index (χ0) is 23.8. The molecule has 0 saturated heterocycles. The molecule has 0 amide bonds. The SMILES string of the molecule is Cc1ccc2oc3c(-c4ccccc4)nc4ccc5ccc6ccc7ccccc7c6c5c4c3c2c1. The quantitative estimate of drug-likeness (QED) is 0.228. The molecule has 0 bridgehead atoms. The van der Waals surface area contributed by atoms with Gasteiger partial charge in [-0.25, -0.2) is 4.98 Å². The lowest BCUT2D eigenvalue weighted by Gasteiger charge is -2.13. The lowest BCUT2D eigenvalue weighted by atomic mass is 9.92. The van der Waals surface area contributed by atoms with E-state index in [1.807, 2.05) is 6.07 Å². The van der Waals surface area contributed by atoms with Crippen LogP contribution in [0, 0.1) is 6.92 Å². The van der Waals surface area contributed by atoms with Crippen molar-refractivity contribution in [3.63, 3.8) is 0 Å². The lowest BCUT2D eigenvalue weighted by molar-refractivity contribution is 0.668. The fourth-order valence-electron chi connectivity index (χ4n) is 5.84. The third-order valence-corrected chi connectivity index (χ3v) is 7.46. The smallest absolute Gasteiger partial charge is 0.162 e. The van der Waals surface area contributed by atoms with Crippen LogP contribution in [0.5, 0.6) is 0 Å². The number of aromatic nitrogens is 1. The Morgan fingerprint density at radius 1 is 0.556 bits per heavy atom. The van der Waals surface area contributed by atoms with Crippen molar-refractivity contribution in [2.45, 2.75) is 6.92 Å². The molecular formula is C34H21NO. The van der Waals surface area contributed by atoms with E-state index in [0.29, 0.717) is 0 Å². The Kier molecular flexibility index (Phi) is 3.90. The topological polar surface area (TPSA) is 26.0 Å². The fraction of sp³-hybridized carbons (Fsp3) is 0.0294. The van der Waals surface area contributed by atoms with Crippen molar-refractivity contribution >= 4 is 65.2 Å². The minimum atomic E-state index is 0.846. The highest BCUT2D eigenvalue weighted by Gasteiger charge is 2.20. The minimum absolute atomic E-state index is 0.846. The molecule has 0 spiro atoms. The zero-order valence-electron chi connectivity index (χ0n) is 19.7. The first kappa shape index (κ1) is 19.6. The van der Waals surface area contributed by atoms with Crippen LogP contribution in [0.15, 0.2) is 114 Å². The predicted octanol–water partition coefficient (Wildman–Crippen LogP) is 9.57. The highest BCUT2D eigenvalue weighted by atomic mass is 16.3. The van der Waals surface area contributed by atoms with Crippen LogP contribution in [0.25, 0.3) is 76.4 Å². The molecule has 2 heteroatoms. The number of rotatable bonds is 1. The van der Waals surface area contributed by atoms with E-state index in [0.717, 1.165) is 44.1 Å². The molecule has 36 heavy (non-hydrogen) atoms. The van der Waals surface area contributed by atoms with Crippen LogP contribution < -0.4 is 0 Å². The van der Waals surface area contributed by atoms with E-state index in [2.05, 4.69) is 110 Å². The van der Waals surface area contributed by atoms with Gasteiger partial charge in [-0.1, -0.05) is 96.6 Å². The van der Waals surface area contributed by atoms with Gasteiger partial charge in [-0.15, -0.1) is 0 Å². The average Bonchev–Trinajstić information content (AvgIpc) is 3.31. The fourth-order valence-corrected chi connectivity index (χ4v) is 5.84. The van der Waals surface area contributed by atoms with Gasteiger partial charge in [-0.2, -0.15) is 0 Å². The van der Waals surface area contributed by atoms with Crippen LogP contribution in [0.4, 0.5) is 0 Å². The molecule has 0 aliphatic rings. The number of aryl methyl sites for hydroxylation is 1. The highest BCUT2D eigenvalue weighted by molar-refractivity contribution is 6.35. The summed E-state index contributed by atoms with van der Waals surface area (Å²) in [5, 5.41) is 10.9. The van der Waals surface area contributed by atoms with Crippen molar-refractivity contribution < 1.29 is 4.42 Å². The molecule has 2 nitrogen and oxygen atoms in total. The van der Waals surface area contributed by atoms with E-state index < -0.39 is 0 Å². The van der Waals surface area contributed by atoms with E-state index >= 15 is 0 Å². The molecule has 8 rings (SSSR count). The molecule has 8 aromatic rings. The van der Waals surface area contributed by atoms with Gasteiger partial charge < -0.3 is 4.42 Å². The minimum Gasteiger partial charge on any atom is -0.454 e. The van der Waals surface area contributed by atoms with Gasteiger partial charge in [0, 0.05) is 27.1 Å². The van der Waals surface area contributed by atoms with Crippen LogP contribution in [-0.4, -0.2) is 4.98 Å². The van der Waals surface area contributed by atoms with Gasteiger partial charge in [0.2, 0.25) is 0 Å². The summed E-state index contributed by atoms with van der Waals surface area (Å²) in [6.07, 6.45) is 0. The summed E-state index contributed by atoms with van der Waals surface area (Å²) in [6.45, 7) is 2.14. The lowest BCUT2D eigenvalue weighted by Crippen LogP contribution is -1.90. The summed E-state index contributed by atoms with van der Waals surface area (Å²) < 4.78 is 6.59. The van der Waals surface area contributed by atoms with Crippen LogP contribution in [0.3, 0.4) is 0 Å². The summed E-state index contributed by atoms with van der Waals surface area (Å²) >= 11 is 0. The predicted molar refractivity (Wildman–Crippen MR) is 152 cm³/mol. The van der Waals surface area contributed by atoms with E-state index in [1.165, 1.54) is 37.9 Å². The maximum absolute atomic E-state index is 6.59. The number of hydrogen-bond donors (Lipinski definition) is 0. The van der Waals surface area contributed by atoms with Crippen molar-refractivity contribution in [3.8, 4) is 11.3 Å². The summed E-state index contributed by atoms with van der Waals surface area (Å²) in [5.74, 6) is 0. The van der Waals surface area contributed by atoms with Crippen LogP contribution >= 0.6 is 0 Å². The van der Waals surface area contributed by atoms with Gasteiger partial charge in [0.15, 0.2) is 5.58 Å². The van der Waals surface area contributed by atoms with Gasteiger partial charge in [0.05, 0.1) is 5.52 Å². The van der Waals surface area contributed by atoms with Crippen molar-refractivity contribution in [2.24, 2.45) is 0 Å². The van der Waals surface area contributed by atoms with Crippen molar-refractivity contribution in [2.75, 3.05) is 0 Å². The van der Waals surface area contributed by atoms with Gasteiger partial charge in [0.25, 0.3) is 0 Å². The van der Waals surface area contributed by atoms with E-state index in [1.54, 1.807) is 0 Å². The number of hydrogen-bond acceptors (Lipinski definition) is 2. The van der Waals surface area contributed by atoms with E-state index in [4.69, 9.17) is 9.40 Å². The maximum Gasteiger partial charge on any atom is 0.162 e. The first-order valence-corrected chi connectivity index (χ1v) is 12.3. The summed E-state index contributed by atoms with van der Waals surface area (Å²) in [4.78, 5) is 5.23. The van der Waals surface area contributed by atoms with Crippen LogP contribution in [-0.2, 0) is 0 Å². The Morgan fingerprint density at radius 3 is 2.14 bits per heavy atom. The molecule has 6 aromatic carbocycles. The van der Waals surface area contributed by atoms with E-state index in [-0.39, 0.29) is 0 Å². The Hall–Kier alpha value is -4.69. The maximum atomic E-state index is 6.59. The first-order valence-electron chi connectivity index (χ1n) is 12.3. The highest BCUT2D eigenvalue weighted by Crippen LogP contribution is 2.44. The molecule has 2 heterocycles. The second-order valence-corrected chi connectivity index (χ2v) is 9.64. The standard InChI is InChI=1S/C34H21NO/c1-20-11-18-28-26(19-20)31-32-27(35-33(34(31)36-28)24-8-3-2-4-9-24)17-16-23-15-14-22-13-12-21-7-5-6-10-25(21)29(22)30(23)32/h2-19H,1H3. The molecule has 0 aliphatic carbocycles. The zero-order valence-corrected chi connectivity index (χ0v) is 19.7. The van der Waals surface area contributed by atoms with Crippen molar-refractivity contribution in [1.29, 1.82) is 0 Å². The molecule has 0 unspecified atom stereocenters. The molecule has 0 fully saturated rings.